The summed E-state index contributed by atoms with van der Waals surface area (Å²) in [5, 5.41) is 6.71. The molecule has 0 spiro atoms. The molecule has 5 heteroatoms. The highest BCUT2D eigenvalue weighted by Gasteiger charge is 2.33. The van der Waals surface area contributed by atoms with Crippen LogP contribution in [0.25, 0.3) is 0 Å². The minimum absolute atomic E-state index is 0.201. The van der Waals surface area contributed by atoms with Crippen molar-refractivity contribution in [1.29, 1.82) is 0 Å². The van der Waals surface area contributed by atoms with E-state index in [-0.39, 0.29) is 5.41 Å². The van der Waals surface area contributed by atoms with Crippen molar-refractivity contribution in [3.63, 3.8) is 0 Å². The largest absolute Gasteiger partial charge is 0.380 e. The van der Waals surface area contributed by atoms with Crippen LogP contribution in [0.1, 0.15) is 26.3 Å². The summed E-state index contributed by atoms with van der Waals surface area (Å²) in [5.74, 6) is 1.29. The van der Waals surface area contributed by atoms with Crippen molar-refractivity contribution in [2.45, 2.75) is 27.4 Å². The molecule has 0 aromatic heterocycles. The Balaban J connectivity index is 1.67. The number of guanidine groups is 1. The molecule has 1 atom stereocenters. The van der Waals surface area contributed by atoms with Crippen molar-refractivity contribution >= 4 is 5.96 Å². The zero-order valence-corrected chi connectivity index (χ0v) is 15.2. The van der Waals surface area contributed by atoms with Crippen molar-refractivity contribution in [3.8, 4) is 0 Å². The lowest BCUT2D eigenvalue weighted by Crippen LogP contribution is -2.45. The second kappa shape index (κ2) is 9.64. The molecule has 1 aliphatic rings. The summed E-state index contributed by atoms with van der Waals surface area (Å²) in [5.41, 5.74) is 1.41. The monoisotopic (exact) mass is 333 g/mol. The maximum Gasteiger partial charge on any atom is 0.191 e. The van der Waals surface area contributed by atoms with Gasteiger partial charge in [-0.15, -0.1) is 0 Å². The number of nitrogens with one attached hydrogen (secondary N) is 2. The number of ether oxygens (including phenoxy) is 2. The molecule has 134 valence electrons. The van der Waals surface area contributed by atoms with Crippen LogP contribution in [0.3, 0.4) is 0 Å². The molecule has 0 amide bonds. The van der Waals surface area contributed by atoms with Gasteiger partial charge in [-0.2, -0.15) is 0 Å². The molecule has 0 saturated carbocycles. The average Bonchev–Trinajstić information content (AvgIpc) is 2.56. The molecule has 1 aliphatic heterocycles. The fraction of sp³-hybridized carbons (Fsp3) is 0.632. The van der Waals surface area contributed by atoms with E-state index in [9.17, 15) is 0 Å². The lowest BCUT2D eigenvalue weighted by atomic mass is 9.89. The van der Waals surface area contributed by atoms with Crippen molar-refractivity contribution in [2.75, 3.05) is 39.5 Å². The predicted octanol–water partition coefficient (Wildman–Crippen LogP) is 2.43. The smallest absolute Gasteiger partial charge is 0.191 e. The third-order valence-electron chi connectivity index (χ3n) is 4.00. The lowest BCUT2D eigenvalue weighted by molar-refractivity contribution is -0.0945. The molecule has 5 nitrogen and oxygen atoms in total. The highest BCUT2D eigenvalue weighted by Crippen LogP contribution is 2.26. The van der Waals surface area contributed by atoms with Crippen LogP contribution < -0.4 is 10.6 Å². The van der Waals surface area contributed by atoms with Gasteiger partial charge in [0.2, 0.25) is 0 Å². The molecular weight excluding hydrogens is 302 g/mol. The molecule has 1 aromatic rings. The molecule has 1 saturated heterocycles. The summed E-state index contributed by atoms with van der Waals surface area (Å²) < 4.78 is 11.1. The maximum atomic E-state index is 5.80. The van der Waals surface area contributed by atoms with Crippen LogP contribution in [0.15, 0.2) is 35.3 Å². The lowest BCUT2D eigenvalue weighted by Gasteiger charge is -2.36. The van der Waals surface area contributed by atoms with Crippen LogP contribution >= 0.6 is 0 Å². The number of nitrogens with zero attached hydrogens (tertiary/aromatic N) is 1. The third kappa shape index (κ3) is 6.49. The van der Waals surface area contributed by atoms with Gasteiger partial charge >= 0.3 is 0 Å². The molecule has 0 aliphatic carbocycles. The van der Waals surface area contributed by atoms with Crippen LogP contribution in [-0.2, 0) is 16.1 Å². The first-order valence-electron chi connectivity index (χ1n) is 8.83. The van der Waals surface area contributed by atoms with Crippen molar-refractivity contribution in [2.24, 2.45) is 16.3 Å². The number of hydrogen-bond acceptors (Lipinski definition) is 3. The number of aliphatic imine (C=N–C) groups is 1. The number of benzene rings is 1. The standard InChI is InChI=1S/C19H31N3O2/c1-4-20-18(22-13-19(3)14-24-15-19)21-10-16(2)11-23-12-17-8-6-5-7-9-17/h5-9,16H,4,10-15H2,1-3H3,(H2,20,21,22). The summed E-state index contributed by atoms with van der Waals surface area (Å²) in [6.45, 7) is 12.0. The first-order chi connectivity index (χ1) is 11.6. The predicted molar refractivity (Wildman–Crippen MR) is 98.2 cm³/mol. The number of hydrogen-bond donors (Lipinski definition) is 2. The Morgan fingerprint density at radius 2 is 2.04 bits per heavy atom. The Morgan fingerprint density at radius 3 is 2.67 bits per heavy atom. The maximum absolute atomic E-state index is 5.80. The Hall–Kier alpha value is -1.59. The van der Waals surface area contributed by atoms with Gasteiger partial charge in [-0.1, -0.05) is 44.2 Å². The quantitative estimate of drug-likeness (QED) is 0.538. The van der Waals surface area contributed by atoms with Gasteiger partial charge in [0.25, 0.3) is 0 Å². The van der Waals surface area contributed by atoms with Gasteiger partial charge in [-0.05, 0) is 18.4 Å². The second-order valence-electron chi connectivity index (χ2n) is 6.99. The molecule has 1 fully saturated rings. The van der Waals surface area contributed by atoms with Gasteiger partial charge in [-0.3, -0.25) is 4.99 Å². The Kier molecular flexibility index (Phi) is 7.53. The van der Waals surface area contributed by atoms with Gasteiger partial charge in [0.05, 0.1) is 33.0 Å². The van der Waals surface area contributed by atoms with Gasteiger partial charge in [0.1, 0.15) is 0 Å². The van der Waals surface area contributed by atoms with E-state index in [0.29, 0.717) is 12.5 Å². The summed E-state index contributed by atoms with van der Waals surface area (Å²) in [7, 11) is 0. The summed E-state index contributed by atoms with van der Waals surface area (Å²) in [6.07, 6.45) is 0. The molecule has 0 bridgehead atoms. The van der Waals surface area contributed by atoms with E-state index in [0.717, 1.165) is 45.4 Å². The minimum atomic E-state index is 0.201. The van der Waals surface area contributed by atoms with Crippen LogP contribution in [0.2, 0.25) is 0 Å². The number of rotatable bonds is 9. The van der Waals surface area contributed by atoms with E-state index >= 15 is 0 Å². The second-order valence-corrected chi connectivity index (χ2v) is 6.99. The van der Waals surface area contributed by atoms with E-state index in [1.807, 2.05) is 18.2 Å². The summed E-state index contributed by atoms with van der Waals surface area (Å²) in [4.78, 5) is 4.68. The van der Waals surface area contributed by atoms with E-state index in [1.165, 1.54) is 5.56 Å². The van der Waals surface area contributed by atoms with Crippen LogP contribution in [0, 0.1) is 11.3 Å². The zero-order chi connectivity index (χ0) is 17.3. The Morgan fingerprint density at radius 1 is 1.29 bits per heavy atom. The summed E-state index contributed by atoms with van der Waals surface area (Å²) >= 11 is 0. The van der Waals surface area contributed by atoms with Crippen LogP contribution in [0.5, 0.6) is 0 Å². The van der Waals surface area contributed by atoms with Gasteiger partial charge in [0, 0.05) is 18.5 Å². The van der Waals surface area contributed by atoms with Gasteiger partial charge in [0.15, 0.2) is 5.96 Å². The van der Waals surface area contributed by atoms with Crippen molar-refractivity contribution < 1.29 is 9.47 Å². The fourth-order valence-corrected chi connectivity index (χ4v) is 2.44. The summed E-state index contributed by atoms with van der Waals surface area (Å²) in [6, 6.07) is 10.3. The molecule has 1 heterocycles. The normalized spacial score (nSPS) is 17.9. The highest BCUT2D eigenvalue weighted by molar-refractivity contribution is 5.79. The fourth-order valence-electron chi connectivity index (χ4n) is 2.44. The zero-order valence-electron chi connectivity index (χ0n) is 15.2. The molecule has 2 N–H and O–H groups in total. The topological polar surface area (TPSA) is 54.9 Å². The molecule has 2 rings (SSSR count). The van der Waals surface area contributed by atoms with Crippen molar-refractivity contribution in [3.05, 3.63) is 35.9 Å². The van der Waals surface area contributed by atoms with Gasteiger partial charge < -0.3 is 20.1 Å². The molecule has 1 unspecified atom stereocenters. The first kappa shape index (κ1) is 18.7. The van der Waals surface area contributed by atoms with E-state index < -0.39 is 0 Å². The molecule has 1 aromatic carbocycles. The van der Waals surface area contributed by atoms with E-state index in [2.05, 4.69) is 48.5 Å². The van der Waals surface area contributed by atoms with Crippen LogP contribution in [-0.4, -0.2) is 45.4 Å². The Labute approximate surface area is 145 Å². The average molecular weight is 333 g/mol. The molecule has 0 radical (unpaired) electrons. The third-order valence-corrected chi connectivity index (χ3v) is 4.00. The molecule has 24 heavy (non-hydrogen) atoms. The van der Waals surface area contributed by atoms with Gasteiger partial charge in [-0.25, -0.2) is 0 Å². The SMILES string of the molecule is CCNC(=NCC1(C)COC1)NCC(C)COCc1ccccc1. The van der Waals surface area contributed by atoms with E-state index in [1.54, 1.807) is 0 Å². The van der Waals surface area contributed by atoms with Crippen LogP contribution in [0.4, 0.5) is 0 Å². The minimum Gasteiger partial charge on any atom is -0.380 e. The van der Waals surface area contributed by atoms with E-state index in [4.69, 9.17) is 9.47 Å². The Bertz CT molecular complexity index is 501. The first-order valence-corrected chi connectivity index (χ1v) is 8.83. The molecular formula is C19H31N3O2. The highest BCUT2D eigenvalue weighted by atomic mass is 16.5. The van der Waals surface area contributed by atoms with Crippen molar-refractivity contribution in [1.82, 2.24) is 10.6 Å².